The number of rotatable bonds is 2. The van der Waals surface area contributed by atoms with Crippen molar-refractivity contribution in [1.29, 1.82) is 0 Å². The number of thiophene rings is 1. The highest BCUT2D eigenvalue weighted by Gasteiger charge is 2.24. The van der Waals surface area contributed by atoms with Gasteiger partial charge in [-0.2, -0.15) is 0 Å². The zero-order valence-electron chi connectivity index (χ0n) is 10.6. The highest BCUT2D eigenvalue weighted by Crippen LogP contribution is 2.30. The Morgan fingerprint density at radius 3 is 2.85 bits per heavy atom. The lowest BCUT2D eigenvalue weighted by atomic mass is 10.1. The SMILES string of the molecule is CN1C(=O)Cc2cc(NC(=O)c3ccc(Cl)s3)ccc21. The Hall–Kier alpha value is -1.85. The molecule has 0 saturated carbocycles. The van der Waals surface area contributed by atoms with Gasteiger partial charge in [0.25, 0.3) is 5.91 Å². The van der Waals surface area contributed by atoms with E-state index >= 15 is 0 Å². The quantitative estimate of drug-likeness (QED) is 0.926. The van der Waals surface area contributed by atoms with E-state index in [0.29, 0.717) is 21.3 Å². The van der Waals surface area contributed by atoms with Crippen molar-refractivity contribution in [2.24, 2.45) is 0 Å². The second-order valence-corrected chi connectivity index (χ2v) is 6.25. The number of anilines is 2. The van der Waals surface area contributed by atoms with Gasteiger partial charge in [0.1, 0.15) is 0 Å². The summed E-state index contributed by atoms with van der Waals surface area (Å²) in [6, 6.07) is 8.85. The Bertz CT molecular complexity index is 711. The highest BCUT2D eigenvalue weighted by molar-refractivity contribution is 7.18. The topological polar surface area (TPSA) is 49.4 Å². The fraction of sp³-hybridized carbons (Fsp3) is 0.143. The molecule has 0 unspecified atom stereocenters. The standard InChI is InChI=1S/C14H11ClN2O2S/c1-17-10-3-2-9(6-8(10)7-13(17)18)16-14(19)11-4-5-12(15)20-11/h2-6H,7H2,1H3,(H,16,19). The van der Waals surface area contributed by atoms with E-state index in [1.165, 1.54) is 11.3 Å². The van der Waals surface area contributed by atoms with Crippen molar-refractivity contribution in [1.82, 2.24) is 0 Å². The number of benzene rings is 1. The number of carbonyl (C=O) groups is 2. The van der Waals surface area contributed by atoms with Gasteiger partial charge in [0.15, 0.2) is 0 Å². The van der Waals surface area contributed by atoms with E-state index in [1.54, 1.807) is 30.1 Å². The summed E-state index contributed by atoms with van der Waals surface area (Å²) in [4.78, 5) is 25.8. The number of nitrogens with zero attached hydrogens (tertiary/aromatic N) is 1. The first-order valence-corrected chi connectivity index (χ1v) is 7.20. The van der Waals surface area contributed by atoms with Crippen LogP contribution < -0.4 is 10.2 Å². The van der Waals surface area contributed by atoms with E-state index in [4.69, 9.17) is 11.6 Å². The number of halogens is 1. The fourth-order valence-corrected chi connectivity index (χ4v) is 3.12. The second-order valence-electron chi connectivity index (χ2n) is 4.53. The average molecular weight is 307 g/mol. The molecule has 0 fully saturated rings. The van der Waals surface area contributed by atoms with Gasteiger partial charge in [0.05, 0.1) is 15.6 Å². The van der Waals surface area contributed by atoms with Crippen molar-refractivity contribution in [3.8, 4) is 0 Å². The lowest BCUT2D eigenvalue weighted by molar-refractivity contribution is -0.117. The molecule has 2 aromatic rings. The molecule has 0 atom stereocenters. The Balaban J connectivity index is 1.81. The molecular formula is C14H11ClN2O2S. The molecule has 1 aromatic heterocycles. The second kappa shape index (κ2) is 4.92. The minimum atomic E-state index is -0.195. The third-order valence-electron chi connectivity index (χ3n) is 3.21. The summed E-state index contributed by atoms with van der Waals surface area (Å²) in [6.07, 6.45) is 0.375. The van der Waals surface area contributed by atoms with E-state index in [2.05, 4.69) is 5.32 Å². The van der Waals surface area contributed by atoms with Crippen LogP contribution in [0.4, 0.5) is 11.4 Å². The van der Waals surface area contributed by atoms with E-state index in [1.807, 2.05) is 12.1 Å². The molecule has 1 aliphatic rings. The first-order valence-electron chi connectivity index (χ1n) is 6.01. The van der Waals surface area contributed by atoms with Crippen LogP contribution in [0.5, 0.6) is 0 Å². The number of hydrogen-bond donors (Lipinski definition) is 1. The monoisotopic (exact) mass is 306 g/mol. The number of hydrogen-bond acceptors (Lipinski definition) is 3. The van der Waals surface area contributed by atoms with Crippen molar-refractivity contribution in [2.75, 3.05) is 17.3 Å². The minimum Gasteiger partial charge on any atom is -0.321 e. The van der Waals surface area contributed by atoms with Gasteiger partial charge in [0, 0.05) is 18.4 Å². The first kappa shape index (κ1) is 13.1. The average Bonchev–Trinajstić information content (AvgIpc) is 2.95. The molecule has 3 rings (SSSR count). The van der Waals surface area contributed by atoms with Crippen LogP contribution in [0, 0.1) is 0 Å². The van der Waals surface area contributed by atoms with E-state index in [-0.39, 0.29) is 11.8 Å². The maximum Gasteiger partial charge on any atom is 0.265 e. The van der Waals surface area contributed by atoms with Gasteiger partial charge in [0.2, 0.25) is 5.91 Å². The van der Waals surface area contributed by atoms with Gasteiger partial charge in [-0.15, -0.1) is 11.3 Å². The predicted molar refractivity (Wildman–Crippen MR) is 80.8 cm³/mol. The molecule has 102 valence electrons. The largest absolute Gasteiger partial charge is 0.321 e. The van der Waals surface area contributed by atoms with Crippen LogP contribution in [0.15, 0.2) is 30.3 Å². The molecule has 4 nitrogen and oxygen atoms in total. The molecule has 1 aliphatic heterocycles. The number of likely N-dealkylation sites (N-methyl/N-ethyl adjacent to an activating group) is 1. The molecule has 2 heterocycles. The molecule has 0 radical (unpaired) electrons. The van der Waals surface area contributed by atoms with Crippen LogP contribution >= 0.6 is 22.9 Å². The Morgan fingerprint density at radius 2 is 2.15 bits per heavy atom. The van der Waals surface area contributed by atoms with Crippen LogP contribution in [-0.2, 0) is 11.2 Å². The van der Waals surface area contributed by atoms with Crippen molar-refractivity contribution in [2.45, 2.75) is 6.42 Å². The zero-order chi connectivity index (χ0) is 14.3. The number of nitrogens with one attached hydrogen (secondary N) is 1. The third kappa shape index (κ3) is 2.30. The molecule has 0 bridgehead atoms. The summed E-state index contributed by atoms with van der Waals surface area (Å²) >= 11 is 7.04. The van der Waals surface area contributed by atoms with Crippen LogP contribution in [0.1, 0.15) is 15.2 Å². The maximum absolute atomic E-state index is 12.0. The van der Waals surface area contributed by atoms with E-state index in [0.717, 1.165) is 11.3 Å². The third-order valence-corrected chi connectivity index (χ3v) is 4.44. The van der Waals surface area contributed by atoms with Gasteiger partial charge >= 0.3 is 0 Å². The fourth-order valence-electron chi connectivity index (χ4n) is 2.18. The minimum absolute atomic E-state index is 0.0634. The van der Waals surface area contributed by atoms with Crippen molar-refractivity contribution < 1.29 is 9.59 Å². The molecule has 6 heteroatoms. The first-order chi connectivity index (χ1) is 9.54. The van der Waals surface area contributed by atoms with Gasteiger partial charge in [-0.05, 0) is 35.9 Å². The Labute approximate surface area is 125 Å². The van der Waals surface area contributed by atoms with Crippen LogP contribution in [0.2, 0.25) is 4.34 Å². The molecule has 0 aliphatic carbocycles. The van der Waals surface area contributed by atoms with Gasteiger partial charge in [-0.25, -0.2) is 0 Å². The predicted octanol–water partition coefficient (Wildman–Crippen LogP) is 3.17. The van der Waals surface area contributed by atoms with E-state index in [9.17, 15) is 9.59 Å². The molecule has 0 spiro atoms. The summed E-state index contributed by atoms with van der Waals surface area (Å²) in [7, 11) is 1.75. The number of amides is 2. The summed E-state index contributed by atoms with van der Waals surface area (Å²) in [5.41, 5.74) is 2.51. The van der Waals surface area contributed by atoms with E-state index < -0.39 is 0 Å². The van der Waals surface area contributed by atoms with Crippen LogP contribution in [0.25, 0.3) is 0 Å². The summed E-state index contributed by atoms with van der Waals surface area (Å²) < 4.78 is 0.580. The Kier molecular flexibility index (Phi) is 3.23. The summed E-state index contributed by atoms with van der Waals surface area (Å²) in [5.74, 6) is -0.131. The lowest BCUT2D eigenvalue weighted by Crippen LogP contribution is -2.20. The smallest absolute Gasteiger partial charge is 0.265 e. The normalized spacial score (nSPS) is 13.5. The van der Waals surface area contributed by atoms with Crippen molar-refractivity contribution in [3.63, 3.8) is 0 Å². The lowest BCUT2D eigenvalue weighted by Gasteiger charge is -2.10. The molecule has 1 N–H and O–H groups in total. The van der Waals surface area contributed by atoms with Gasteiger partial charge in [-0.3, -0.25) is 9.59 Å². The van der Waals surface area contributed by atoms with Gasteiger partial charge in [-0.1, -0.05) is 11.6 Å². The molecular weight excluding hydrogens is 296 g/mol. The van der Waals surface area contributed by atoms with Crippen LogP contribution in [-0.4, -0.2) is 18.9 Å². The number of fused-ring (bicyclic) bond motifs is 1. The molecule has 0 saturated heterocycles. The maximum atomic E-state index is 12.0. The summed E-state index contributed by atoms with van der Waals surface area (Å²) in [5, 5.41) is 2.81. The molecule has 2 amide bonds. The van der Waals surface area contributed by atoms with Crippen molar-refractivity contribution >= 4 is 46.1 Å². The molecule has 20 heavy (non-hydrogen) atoms. The van der Waals surface area contributed by atoms with Crippen molar-refractivity contribution in [3.05, 3.63) is 45.1 Å². The van der Waals surface area contributed by atoms with Gasteiger partial charge < -0.3 is 10.2 Å². The zero-order valence-corrected chi connectivity index (χ0v) is 12.2. The highest BCUT2D eigenvalue weighted by atomic mass is 35.5. The summed E-state index contributed by atoms with van der Waals surface area (Å²) in [6.45, 7) is 0. The van der Waals surface area contributed by atoms with Crippen LogP contribution in [0.3, 0.4) is 0 Å². The number of carbonyl (C=O) groups excluding carboxylic acids is 2. The molecule has 1 aromatic carbocycles. The Morgan fingerprint density at radius 1 is 1.35 bits per heavy atom.